The van der Waals surface area contributed by atoms with Gasteiger partial charge in [0, 0.05) is 26.1 Å². The Labute approximate surface area is 91.5 Å². The Balaban J connectivity index is 2.16. The smallest absolute Gasteiger partial charge is 0.220 e. The number of nitrogens with one attached hydrogen (secondary N) is 1. The number of amides is 1. The van der Waals surface area contributed by atoms with Crippen LogP contribution in [0.25, 0.3) is 0 Å². The van der Waals surface area contributed by atoms with Gasteiger partial charge < -0.3 is 15.8 Å². The van der Waals surface area contributed by atoms with E-state index in [9.17, 15) is 4.79 Å². The van der Waals surface area contributed by atoms with Crippen molar-refractivity contribution in [2.45, 2.75) is 50.7 Å². The van der Waals surface area contributed by atoms with Crippen LogP contribution in [0.15, 0.2) is 0 Å². The van der Waals surface area contributed by atoms with Crippen LogP contribution in [0.4, 0.5) is 0 Å². The van der Waals surface area contributed by atoms with Crippen LogP contribution in [0.3, 0.4) is 0 Å². The van der Waals surface area contributed by atoms with Gasteiger partial charge in [-0.15, -0.1) is 0 Å². The molecule has 0 aromatic rings. The first-order valence-corrected chi connectivity index (χ1v) is 5.65. The summed E-state index contributed by atoms with van der Waals surface area (Å²) in [5, 5.41) is 2.91. The predicted molar refractivity (Wildman–Crippen MR) is 59.5 cm³/mol. The Morgan fingerprint density at radius 3 is 2.67 bits per heavy atom. The summed E-state index contributed by atoms with van der Waals surface area (Å²) in [6.45, 7) is 2.55. The van der Waals surface area contributed by atoms with E-state index in [2.05, 4.69) is 5.32 Å². The Morgan fingerprint density at radius 1 is 1.60 bits per heavy atom. The van der Waals surface area contributed by atoms with E-state index in [0.29, 0.717) is 13.0 Å². The molecule has 3 N–H and O–H groups in total. The van der Waals surface area contributed by atoms with Gasteiger partial charge in [0.2, 0.25) is 5.91 Å². The summed E-state index contributed by atoms with van der Waals surface area (Å²) in [4.78, 5) is 11.4. The van der Waals surface area contributed by atoms with Gasteiger partial charge in [-0.3, -0.25) is 4.79 Å². The molecular weight excluding hydrogens is 192 g/mol. The number of rotatable bonds is 6. The molecule has 1 unspecified atom stereocenters. The molecule has 1 aliphatic carbocycles. The minimum Gasteiger partial charge on any atom is -0.376 e. The second-order valence-corrected chi connectivity index (χ2v) is 4.53. The Bertz CT molecular complexity index is 207. The third-order valence-corrected chi connectivity index (χ3v) is 3.13. The summed E-state index contributed by atoms with van der Waals surface area (Å²) < 4.78 is 5.41. The third kappa shape index (κ3) is 3.80. The molecule has 15 heavy (non-hydrogen) atoms. The topological polar surface area (TPSA) is 64.3 Å². The summed E-state index contributed by atoms with van der Waals surface area (Å²) in [6, 6.07) is 0.0934. The van der Waals surface area contributed by atoms with E-state index in [0.717, 1.165) is 19.3 Å². The molecule has 4 heteroatoms. The normalized spacial score (nSPS) is 20.5. The molecule has 1 saturated carbocycles. The fourth-order valence-electron chi connectivity index (χ4n) is 1.73. The van der Waals surface area contributed by atoms with E-state index in [4.69, 9.17) is 10.5 Å². The Kier molecular flexibility index (Phi) is 4.54. The largest absolute Gasteiger partial charge is 0.376 e. The van der Waals surface area contributed by atoms with Gasteiger partial charge >= 0.3 is 0 Å². The number of carbonyl (C=O) groups excluding carboxylic acids is 1. The lowest BCUT2D eigenvalue weighted by molar-refractivity contribution is -0.125. The molecule has 0 radical (unpaired) electrons. The van der Waals surface area contributed by atoms with Crippen molar-refractivity contribution in [3.05, 3.63) is 0 Å². The van der Waals surface area contributed by atoms with E-state index in [1.807, 2.05) is 6.92 Å². The fourth-order valence-corrected chi connectivity index (χ4v) is 1.73. The van der Waals surface area contributed by atoms with Gasteiger partial charge in [0.15, 0.2) is 0 Å². The first-order chi connectivity index (χ1) is 7.08. The summed E-state index contributed by atoms with van der Waals surface area (Å²) >= 11 is 0. The molecule has 0 heterocycles. The van der Waals surface area contributed by atoms with Gasteiger partial charge in [-0.05, 0) is 32.6 Å². The van der Waals surface area contributed by atoms with Crippen molar-refractivity contribution in [1.82, 2.24) is 5.32 Å². The third-order valence-electron chi connectivity index (χ3n) is 3.13. The van der Waals surface area contributed by atoms with Crippen LogP contribution in [0, 0.1) is 0 Å². The summed E-state index contributed by atoms with van der Waals surface area (Å²) in [5.74, 6) is 0.0793. The Morgan fingerprint density at radius 2 is 2.27 bits per heavy atom. The minimum absolute atomic E-state index is 0.0793. The van der Waals surface area contributed by atoms with Crippen molar-refractivity contribution in [2.24, 2.45) is 5.73 Å². The lowest BCUT2D eigenvalue weighted by atomic mass is 9.80. The standard InChI is InChI=1S/C11H22N2O2/c1-9(12)4-5-10(14)13-8-11(15-2)6-3-7-11/h9H,3-8,12H2,1-2H3,(H,13,14). The zero-order valence-electron chi connectivity index (χ0n) is 9.71. The molecular formula is C11H22N2O2. The van der Waals surface area contributed by atoms with Crippen LogP contribution in [-0.4, -0.2) is 31.2 Å². The number of carbonyl (C=O) groups is 1. The second kappa shape index (κ2) is 5.47. The quantitative estimate of drug-likeness (QED) is 0.687. The van der Waals surface area contributed by atoms with E-state index < -0.39 is 0 Å². The summed E-state index contributed by atoms with van der Waals surface area (Å²) in [5.41, 5.74) is 5.50. The Hall–Kier alpha value is -0.610. The fraction of sp³-hybridized carbons (Fsp3) is 0.909. The molecule has 1 aliphatic rings. The zero-order chi connectivity index (χ0) is 11.3. The molecule has 1 rings (SSSR count). The zero-order valence-corrected chi connectivity index (χ0v) is 9.71. The number of hydrogen-bond donors (Lipinski definition) is 2. The van der Waals surface area contributed by atoms with Gasteiger partial charge in [0.05, 0.1) is 5.60 Å². The van der Waals surface area contributed by atoms with Crippen LogP contribution < -0.4 is 11.1 Å². The van der Waals surface area contributed by atoms with Crippen LogP contribution >= 0.6 is 0 Å². The van der Waals surface area contributed by atoms with Crippen molar-refractivity contribution in [1.29, 1.82) is 0 Å². The molecule has 1 amide bonds. The molecule has 4 nitrogen and oxygen atoms in total. The van der Waals surface area contributed by atoms with Crippen LogP contribution in [0.2, 0.25) is 0 Å². The van der Waals surface area contributed by atoms with Crippen LogP contribution in [0.1, 0.15) is 39.0 Å². The maximum Gasteiger partial charge on any atom is 0.220 e. The van der Waals surface area contributed by atoms with Gasteiger partial charge in [0.1, 0.15) is 0 Å². The molecule has 88 valence electrons. The van der Waals surface area contributed by atoms with E-state index in [-0.39, 0.29) is 17.6 Å². The highest BCUT2D eigenvalue weighted by Crippen LogP contribution is 2.34. The molecule has 0 spiro atoms. The van der Waals surface area contributed by atoms with Crippen molar-refractivity contribution < 1.29 is 9.53 Å². The van der Waals surface area contributed by atoms with Gasteiger partial charge in [-0.25, -0.2) is 0 Å². The number of ether oxygens (including phenoxy) is 1. The molecule has 0 aromatic carbocycles. The monoisotopic (exact) mass is 214 g/mol. The first kappa shape index (κ1) is 12.5. The number of methoxy groups -OCH3 is 1. The van der Waals surface area contributed by atoms with E-state index in [1.54, 1.807) is 7.11 Å². The highest BCUT2D eigenvalue weighted by Gasteiger charge is 2.36. The van der Waals surface area contributed by atoms with Crippen LogP contribution in [-0.2, 0) is 9.53 Å². The van der Waals surface area contributed by atoms with Crippen molar-refractivity contribution in [3.8, 4) is 0 Å². The highest BCUT2D eigenvalue weighted by atomic mass is 16.5. The SMILES string of the molecule is COC1(CNC(=O)CCC(C)N)CCC1. The van der Waals surface area contributed by atoms with Crippen molar-refractivity contribution in [2.75, 3.05) is 13.7 Å². The minimum atomic E-state index is -0.0794. The molecule has 0 bridgehead atoms. The average Bonchev–Trinajstić information content (AvgIpc) is 2.14. The molecule has 1 fully saturated rings. The molecule has 0 aromatic heterocycles. The van der Waals surface area contributed by atoms with Crippen molar-refractivity contribution in [3.63, 3.8) is 0 Å². The van der Waals surface area contributed by atoms with Gasteiger partial charge in [-0.2, -0.15) is 0 Å². The molecule has 0 aliphatic heterocycles. The molecule has 0 saturated heterocycles. The lowest BCUT2D eigenvalue weighted by Gasteiger charge is -2.40. The maximum atomic E-state index is 11.4. The first-order valence-electron chi connectivity index (χ1n) is 5.65. The lowest BCUT2D eigenvalue weighted by Crippen LogP contribution is -2.49. The molecule has 1 atom stereocenters. The number of nitrogens with two attached hydrogens (primary N) is 1. The van der Waals surface area contributed by atoms with Gasteiger partial charge in [-0.1, -0.05) is 0 Å². The predicted octanol–water partition coefficient (Wildman–Crippen LogP) is 0.799. The summed E-state index contributed by atoms with van der Waals surface area (Å²) in [6.07, 6.45) is 4.56. The highest BCUT2D eigenvalue weighted by molar-refractivity contribution is 5.75. The van der Waals surface area contributed by atoms with Crippen LogP contribution in [0.5, 0.6) is 0 Å². The van der Waals surface area contributed by atoms with E-state index >= 15 is 0 Å². The van der Waals surface area contributed by atoms with Gasteiger partial charge in [0.25, 0.3) is 0 Å². The summed E-state index contributed by atoms with van der Waals surface area (Å²) in [7, 11) is 1.72. The van der Waals surface area contributed by atoms with E-state index in [1.165, 1.54) is 6.42 Å². The number of hydrogen-bond acceptors (Lipinski definition) is 3. The average molecular weight is 214 g/mol. The van der Waals surface area contributed by atoms with Crippen molar-refractivity contribution >= 4 is 5.91 Å². The second-order valence-electron chi connectivity index (χ2n) is 4.53. The maximum absolute atomic E-state index is 11.4.